The molecule has 19 heavy (non-hydrogen) atoms. The van der Waals surface area contributed by atoms with Crippen LogP contribution < -0.4 is 5.73 Å². The molecule has 1 amide bonds. The number of nitro groups is 1. The van der Waals surface area contributed by atoms with Crippen molar-refractivity contribution in [3.63, 3.8) is 0 Å². The standard InChI is InChI=1S/C12H14ClN3O3/c13-8-3-4-11(16(18)19)10(6-8)12(17)15-5-1-2-9(14)7-15/h3-4,6,9H,1-2,5,7,14H2/t9-/m1/s1. The number of hydrogen-bond donors (Lipinski definition) is 1. The molecule has 1 aromatic rings. The van der Waals surface area contributed by atoms with Gasteiger partial charge in [-0.05, 0) is 25.0 Å². The lowest BCUT2D eigenvalue weighted by molar-refractivity contribution is -0.385. The molecule has 1 aliphatic rings. The zero-order valence-corrected chi connectivity index (χ0v) is 11.0. The zero-order valence-electron chi connectivity index (χ0n) is 10.2. The van der Waals surface area contributed by atoms with Gasteiger partial charge in [0.25, 0.3) is 11.6 Å². The third-order valence-corrected chi connectivity index (χ3v) is 3.37. The number of likely N-dealkylation sites (tertiary alicyclic amines) is 1. The lowest BCUT2D eigenvalue weighted by atomic mass is 10.0. The van der Waals surface area contributed by atoms with Gasteiger partial charge in [-0.15, -0.1) is 0 Å². The maximum atomic E-state index is 12.3. The number of nitrogens with two attached hydrogens (primary N) is 1. The third kappa shape index (κ3) is 3.02. The highest BCUT2D eigenvalue weighted by molar-refractivity contribution is 6.31. The first-order chi connectivity index (χ1) is 8.99. The third-order valence-electron chi connectivity index (χ3n) is 3.13. The van der Waals surface area contributed by atoms with Crippen LogP contribution in [0.4, 0.5) is 5.69 Å². The maximum Gasteiger partial charge on any atom is 0.282 e. The van der Waals surface area contributed by atoms with E-state index < -0.39 is 4.92 Å². The van der Waals surface area contributed by atoms with Crippen LogP contribution in [0.1, 0.15) is 23.2 Å². The van der Waals surface area contributed by atoms with Gasteiger partial charge in [0.05, 0.1) is 4.92 Å². The van der Waals surface area contributed by atoms with Crippen LogP contribution in [0.5, 0.6) is 0 Å². The summed E-state index contributed by atoms with van der Waals surface area (Å²) in [4.78, 5) is 24.3. The summed E-state index contributed by atoms with van der Waals surface area (Å²) in [5.41, 5.74) is 5.61. The molecule has 2 N–H and O–H groups in total. The van der Waals surface area contributed by atoms with Crippen LogP contribution in [-0.2, 0) is 0 Å². The van der Waals surface area contributed by atoms with Crippen LogP contribution in [0.3, 0.4) is 0 Å². The largest absolute Gasteiger partial charge is 0.337 e. The molecule has 0 unspecified atom stereocenters. The summed E-state index contributed by atoms with van der Waals surface area (Å²) in [6.45, 7) is 0.985. The molecule has 2 rings (SSSR count). The Morgan fingerprint density at radius 3 is 2.89 bits per heavy atom. The minimum Gasteiger partial charge on any atom is -0.337 e. The van der Waals surface area contributed by atoms with E-state index in [1.165, 1.54) is 18.2 Å². The van der Waals surface area contributed by atoms with Crippen molar-refractivity contribution in [2.75, 3.05) is 13.1 Å². The topological polar surface area (TPSA) is 89.5 Å². The average molecular weight is 284 g/mol. The second-order valence-corrected chi connectivity index (χ2v) is 5.01. The van der Waals surface area contributed by atoms with Gasteiger partial charge in [-0.3, -0.25) is 14.9 Å². The van der Waals surface area contributed by atoms with Gasteiger partial charge >= 0.3 is 0 Å². The zero-order chi connectivity index (χ0) is 14.0. The van der Waals surface area contributed by atoms with Gasteiger partial charge in [-0.2, -0.15) is 0 Å². The highest BCUT2D eigenvalue weighted by Gasteiger charge is 2.27. The van der Waals surface area contributed by atoms with E-state index in [0.717, 1.165) is 12.8 Å². The fourth-order valence-corrected chi connectivity index (χ4v) is 2.38. The first kappa shape index (κ1) is 13.8. The number of halogens is 1. The smallest absolute Gasteiger partial charge is 0.282 e. The van der Waals surface area contributed by atoms with E-state index in [1.807, 2.05) is 0 Å². The van der Waals surface area contributed by atoms with E-state index in [0.29, 0.717) is 18.1 Å². The first-order valence-corrected chi connectivity index (χ1v) is 6.35. The molecule has 0 saturated carbocycles. The summed E-state index contributed by atoms with van der Waals surface area (Å²) in [5, 5.41) is 11.3. The molecule has 0 bridgehead atoms. The monoisotopic (exact) mass is 283 g/mol. The van der Waals surface area contributed by atoms with Gasteiger partial charge in [-0.25, -0.2) is 0 Å². The summed E-state index contributed by atoms with van der Waals surface area (Å²) in [7, 11) is 0. The summed E-state index contributed by atoms with van der Waals surface area (Å²) in [6.07, 6.45) is 1.67. The van der Waals surface area contributed by atoms with E-state index >= 15 is 0 Å². The Bertz CT molecular complexity index is 521. The Labute approximate surface area is 115 Å². The second kappa shape index (κ2) is 5.54. The van der Waals surface area contributed by atoms with Gasteiger partial charge in [0.1, 0.15) is 5.56 Å². The van der Waals surface area contributed by atoms with Gasteiger partial charge in [0, 0.05) is 30.2 Å². The number of hydrogen-bond acceptors (Lipinski definition) is 4. The van der Waals surface area contributed by atoms with Crippen molar-refractivity contribution < 1.29 is 9.72 Å². The van der Waals surface area contributed by atoms with Crippen LogP contribution in [0.2, 0.25) is 5.02 Å². The van der Waals surface area contributed by atoms with Crippen molar-refractivity contribution in [1.82, 2.24) is 4.90 Å². The van der Waals surface area contributed by atoms with Crippen LogP contribution >= 0.6 is 11.6 Å². The van der Waals surface area contributed by atoms with E-state index in [4.69, 9.17) is 17.3 Å². The molecule has 1 fully saturated rings. The number of amides is 1. The molecule has 1 heterocycles. The minimum absolute atomic E-state index is 0.0200. The van der Waals surface area contributed by atoms with Crippen molar-refractivity contribution >= 4 is 23.2 Å². The SMILES string of the molecule is N[C@@H]1CCCN(C(=O)c2cc(Cl)ccc2[N+](=O)[O-])C1. The molecule has 1 aliphatic heterocycles. The molecular formula is C12H14ClN3O3. The highest BCUT2D eigenvalue weighted by Crippen LogP contribution is 2.25. The molecule has 1 atom stereocenters. The van der Waals surface area contributed by atoms with Crippen molar-refractivity contribution in [1.29, 1.82) is 0 Å². The Morgan fingerprint density at radius 2 is 2.26 bits per heavy atom. The average Bonchev–Trinajstić information content (AvgIpc) is 2.37. The fraction of sp³-hybridized carbons (Fsp3) is 0.417. The minimum atomic E-state index is -0.576. The molecule has 7 heteroatoms. The molecular weight excluding hydrogens is 270 g/mol. The number of piperidine rings is 1. The molecule has 0 aliphatic carbocycles. The number of carbonyl (C=O) groups excluding carboxylic acids is 1. The Morgan fingerprint density at radius 1 is 1.53 bits per heavy atom. The van der Waals surface area contributed by atoms with Gasteiger partial charge < -0.3 is 10.6 Å². The van der Waals surface area contributed by atoms with Crippen molar-refractivity contribution in [2.24, 2.45) is 5.73 Å². The Kier molecular flexibility index (Phi) is 4.01. The number of nitrogens with zero attached hydrogens (tertiary/aromatic N) is 2. The highest BCUT2D eigenvalue weighted by atomic mass is 35.5. The normalized spacial score (nSPS) is 19.3. The molecule has 0 aromatic heterocycles. The van der Waals surface area contributed by atoms with Crippen molar-refractivity contribution in [3.05, 3.63) is 38.9 Å². The van der Waals surface area contributed by atoms with E-state index in [-0.39, 0.29) is 23.2 Å². The number of nitro benzene ring substituents is 1. The van der Waals surface area contributed by atoms with Gasteiger partial charge in [0.2, 0.25) is 0 Å². The Balaban J connectivity index is 2.32. The molecule has 6 nitrogen and oxygen atoms in total. The lowest BCUT2D eigenvalue weighted by Crippen LogP contribution is -2.45. The fourth-order valence-electron chi connectivity index (χ4n) is 2.20. The number of carbonyl (C=O) groups is 1. The van der Waals surface area contributed by atoms with Crippen LogP contribution in [0.15, 0.2) is 18.2 Å². The molecule has 0 spiro atoms. The molecule has 1 aromatic carbocycles. The quantitative estimate of drug-likeness (QED) is 0.662. The predicted octanol–water partition coefficient (Wildman–Crippen LogP) is 1.81. The molecule has 102 valence electrons. The van der Waals surface area contributed by atoms with Crippen LogP contribution in [0.25, 0.3) is 0 Å². The van der Waals surface area contributed by atoms with E-state index in [9.17, 15) is 14.9 Å². The van der Waals surface area contributed by atoms with Crippen LogP contribution in [0, 0.1) is 10.1 Å². The molecule has 1 saturated heterocycles. The summed E-state index contributed by atoms with van der Waals surface area (Å²) in [5.74, 6) is -0.385. The lowest BCUT2D eigenvalue weighted by Gasteiger charge is -2.30. The summed E-state index contributed by atoms with van der Waals surface area (Å²) >= 11 is 5.82. The van der Waals surface area contributed by atoms with Gasteiger partial charge in [-0.1, -0.05) is 11.6 Å². The number of benzene rings is 1. The predicted molar refractivity (Wildman–Crippen MR) is 71.2 cm³/mol. The summed E-state index contributed by atoms with van der Waals surface area (Å²) in [6, 6.07) is 3.91. The first-order valence-electron chi connectivity index (χ1n) is 5.98. The Hall–Kier alpha value is -1.66. The maximum absolute atomic E-state index is 12.3. The van der Waals surface area contributed by atoms with Crippen molar-refractivity contribution in [3.8, 4) is 0 Å². The summed E-state index contributed by atoms with van der Waals surface area (Å²) < 4.78 is 0. The van der Waals surface area contributed by atoms with Gasteiger partial charge in [0.15, 0.2) is 0 Å². The van der Waals surface area contributed by atoms with Crippen LogP contribution in [-0.4, -0.2) is 34.9 Å². The van der Waals surface area contributed by atoms with Crippen molar-refractivity contribution in [2.45, 2.75) is 18.9 Å². The molecule has 0 radical (unpaired) electrons. The van der Waals surface area contributed by atoms with E-state index in [2.05, 4.69) is 0 Å². The van der Waals surface area contributed by atoms with E-state index in [1.54, 1.807) is 4.90 Å². The number of rotatable bonds is 2. The second-order valence-electron chi connectivity index (χ2n) is 4.57.